The standard InChI is InChI=1S/C17H24N2O/c1-2-14-8-9-16(12-14)19-15-6-5-7-17(13-15)20-11-4-3-10-18/h5-7,13-14,16,19H,2-4,8-9,11-12H2,1H3. The lowest BCUT2D eigenvalue weighted by Crippen LogP contribution is -2.15. The number of ether oxygens (including phenoxy) is 1. The number of nitrogens with one attached hydrogen (secondary N) is 1. The van der Waals surface area contributed by atoms with E-state index >= 15 is 0 Å². The van der Waals surface area contributed by atoms with Crippen LogP contribution in [0.3, 0.4) is 0 Å². The summed E-state index contributed by atoms with van der Waals surface area (Å²) in [6.45, 7) is 2.89. The van der Waals surface area contributed by atoms with Gasteiger partial charge in [0.2, 0.25) is 0 Å². The summed E-state index contributed by atoms with van der Waals surface area (Å²) in [7, 11) is 0. The van der Waals surface area contributed by atoms with Crippen LogP contribution in [0, 0.1) is 17.2 Å². The molecule has 108 valence electrons. The van der Waals surface area contributed by atoms with Crippen molar-refractivity contribution in [1.82, 2.24) is 0 Å². The highest BCUT2D eigenvalue weighted by atomic mass is 16.5. The SMILES string of the molecule is CCC1CCC(Nc2cccc(OCCCC#N)c2)C1. The summed E-state index contributed by atoms with van der Waals surface area (Å²) >= 11 is 0. The van der Waals surface area contributed by atoms with E-state index in [1.165, 1.54) is 25.7 Å². The summed E-state index contributed by atoms with van der Waals surface area (Å²) in [4.78, 5) is 0. The smallest absolute Gasteiger partial charge is 0.121 e. The van der Waals surface area contributed by atoms with Gasteiger partial charge in [0, 0.05) is 24.2 Å². The van der Waals surface area contributed by atoms with E-state index in [0.29, 0.717) is 19.1 Å². The highest BCUT2D eigenvalue weighted by Gasteiger charge is 2.22. The van der Waals surface area contributed by atoms with E-state index < -0.39 is 0 Å². The van der Waals surface area contributed by atoms with Gasteiger partial charge < -0.3 is 10.1 Å². The fraction of sp³-hybridized carbons (Fsp3) is 0.588. The zero-order valence-corrected chi connectivity index (χ0v) is 12.3. The molecule has 3 heteroatoms. The molecule has 0 spiro atoms. The largest absolute Gasteiger partial charge is 0.493 e. The van der Waals surface area contributed by atoms with E-state index in [2.05, 4.69) is 30.4 Å². The Hall–Kier alpha value is -1.69. The molecule has 0 heterocycles. The van der Waals surface area contributed by atoms with E-state index in [-0.39, 0.29) is 0 Å². The molecule has 0 aromatic heterocycles. The monoisotopic (exact) mass is 272 g/mol. The van der Waals surface area contributed by atoms with Crippen LogP contribution in [0.2, 0.25) is 0 Å². The molecule has 3 nitrogen and oxygen atoms in total. The lowest BCUT2D eigenvalue weighted by molar-refractivity contribution is 0.313. The van der Waals surface area contributed by atoms with Gasteiger partial charge >= 0.3 is 0 Å². The van der Waals surface area contributed by atoms with Gasteiger partial charge in [0.05, 0.1) is 12.7 Å². The van der Waals surface area contributed by atoms with Crippen LogP contribution < -0.4 is 10.1 Å². The fourth-order valence-electron chi connectivity index (χ4n) is 2.83. The van der Waals surface area contributed by atoms with Crippen LogP contribution in [0.25, 0.3) is 0 Å². The molecular weight excluding hydrogens is 248 g/mol. The molecule has 20 heavy (non-hydrogen) atoms. The van der Waals surface area contributed by atoms with Crippen molar-refractivity contribution in [3.63, 3.8) is 0 Å². The number of rotatable bonds is 7. The quantitative estimate of drug-likeness (QED) is 0.750. The van der Waals surface area contributed by atoms with Gasteiger partial charge in [-0.05, 0) is 43.7 Å². The second kappa shape index (κ2) is 7.79. The Morgan fingerprint density at radius 1 is 1.40 bits per heavy atom. The molecule has 0 amide bonds. The third kappa shape index (κ3) is 4.45. The Kier molecular flexibility index (Phi) is 5.73. The van der Waals surface area contributed by atoms with Crippen molar-refractivity contribution in [1.29, 1.82) is 5.26 Å². The van der Waals surface area contributed by atoms with Crippen molar-refractivity contribution >= 4 is 5.69 Å². The number of nitriles is 1. The Morgan fingerprint density at radius 2 is 2.30 bits per heavy atom. The second-order valence-electron chi connectivity index (χ2n) is 5.57. The van der Waals surface area contributed by atoms with Crippen molar-refractivity contribution in [3.8, 4) is 11.8 Å². The van der Waals surface area contributed by atoms with E-state index in [0.717, 1.165) is 23.8 Å². The van der Waals surface area contributed by atoms with Crippen LogP contribution in [0.5, 0.6) is 5.75 Å². The molecule has 2 unspecified atom stereocenters. The van der Waals surface area contributed by atoms with Crippen molar-refractivity contribution in [2.24, 2.45) is 5.92 Å². The number of anilines is 1. The van der Waals surface area contributed by atoms with Gasteiger partial charge in [-0.2, -0.15) is 5.26 Å². The molecule has 0 radical (unpaired) electrons. The molecular formula is C17H24N2O. The van der Waals surface area contributed by atoms with Crippen molar-refractivity contribution in [3.05, 3.63) is 24.3 Å². The number of nitrogens with zero attached hydrogens (tertiary/aromatic N) is 1. The molecule has 2 atom stereocenters. The minimum absolute atomic E-state index is 0.554. The lowest BCUT2D eigenvalue weighted by atomic mass is 10.1. The van der Waals surface area contributed by atoms with Crippen LogP contribution in [0.15, 0.2) is 24.3 Å². The van der Waals surface area contributed by atoms with Gasteiger partial charge in [-0.25, -0.2) is 0 Å². The summed E-state index contributed by atoms with van der Waals surface area (Å²) in [5, 5.41) is 12.1. The first kappa shape index (κ1) is 14.7. The van der Waals surface area contributed by atoms with Gasteiger partial charge in [-0.15, -0.1) is 0 Å². The molecule has 1 aliphatic carbocycles. The van der Waals surface area contributed by atoms with Crippen molar-refractivity contribution in [2.75, 3.05) is 11.9 Å². The maximum absolute atomic E-state index is 8.49. The number of unbranched alkanes of at least 4 members (excludes halogenated alkanes) is 1. The highest BCUT2D eigenvalue weighted by molar-refractivity contribution is 5.49. The topological polar surface area (TPSA) is 45.0 Å². The van der Waals surface area contributed by atoms with E-state index in [9.17, 15) is 0 Å². The maximum Gasteiger partial charge on any atom is 0.121 e. The van der Waals surface area contributed by atoms with Crippen LogP contribution in [0.4, 0.5) is 5.69 Å². The molecule has 1 aromatic rings. The molecule has 0 saturated heterocycles. The highest BCUT2D eigenvalue weighted by Crippen LogP contribution is 2.30. The Labute approximate surface area is 121 Å². The molecule has 1 N–H and O–H groups in total. The minimum Gasteiger partial charge on any atom is -0.493 e. The molecule has 0 bridgehead atoms. The van der Waals surface area contributed by atoms with Crippen LogP contribution in [-0.2, 0) is 0 Å². The van der Waals surface area contributed by atoms with Crippen molar-refractivity contribution < 1.29 is 4.74 Å². The Bertz CT molecular complexity index is 453. The van der Waals surface area contributed by atoms with Gasteiger partial charge in [0.15, 0.2) is 0 Å². The molecule has 1 saturated carbocycles. The normalized spacial score (nSPS) is 21.4. The third-order valence-electron chi connectivity index (χ3n) is 4.03. The first-order chi connectivity index (χ1) is 9.81. The zero-order valence-electron chi connectivity index (χ0n) is 12.3. The molecule has 0 aliphatic heterocycles. The minimum atomic E-state index is 0.554. The first-order valence-corrected chi connectivity index (χ1v) is 7.68. The molecule has 1 aromatic carbocycles. The van der Waals surface area contributed by atoms with Crippen LogP contribution in [0.1, 0.15) is 45.4 Å². The van der Waals surface area contributed by atoms with Crippen molar-refractivity contribution in [2.45, 2.75) is 51.5 Å². The molecule has 1 aliphatic rings. The Balaban J connectivity index is 1.82. The predicted octanol–water partition coefficient (Wildman–Crippen LogP) is 4.36. The predicted molar refractivity (Wildman–Crippen MR) is 81.8 cm³/mol. The number of hydrogen-bond donors (Lipinski definition) is 1. The molecule has 1 fully saturated rings. The summed E-state index contributed by atoms with van der Waals surface area (Å²) < 4.78 is 5.66. The van der Waals surface area contributed by atoms with Gasteiger partial charge in [0.1, 0.15) is 5.75 Å². The van der Waals surface area contributed by atoms with E-state index in [4.69, 9.17) is 10.00 Å². The first-order valence-electron chi connectivity index (χ1n) is 7.68. The number of hydrogen-bond acceptors (Lipinski definition) is 3. The number of benzene rings is 1. The van der Waals surface area contributed by atoms with Gasteiger partial charge in [-0.1, -0.05) is 19.4 Å². The molecule has 2 rings (SSSR count). The lowest BCUT2D eigenvalue weighted by Gasteiger charge is -2.15. The van der Waals surface area contributed by atoms with Crippen LogP contribution in [-0.4, -0.2) is 12.6 Å². The average Bonchev–Trinajstić information content (AvgIpc) is 2.92. The summed E-state index contributed by atoms with van der Waals surface area (Å²) in [5.74, 6) is 1.77. The zero-order chi connectivity index (χ0) is 14.2. The summed E-state index contributed by atoms with van der Waals surface area (Å²) in [5.41, 5.74) is 1.14. The van der Waals surface area contributed by atoms with E-state index in [1.54, 1.807) is 0 Å². The Morgan fingerprint density at radius 3 is 3.05 bits per heavy atom. The van der Waals surface area contributed by atoms with E-state index in [1.807, 2.05) is 12.1 Å². The second-order valence-corrected chi connectivity index (χ2v) is 5.57. The average molecular weight is 272 g/mol. The summed E-state index contributed by atoms with van der Waals surface area (Å²) in [6, 6.07) is 10.9. The third-order valence-corrected chi connectivity index (χ3v) is 4.03. The van der Waals surface area contributed by atoms with Gasteiger partial charge in [-0.3, -0.25) is 0 Å². The fourth-order valence-corrected chi connectivity index (χ4v) is 2.83. The summed E-state index contributed by atoms with van der Waals surface area (Å²) in [6.07, 6.45) is 6.53. The van der Waals surface area contributed by atoms with Gasteiger partial charge in [0.25, 0.3) is 0 Å². The maximum atomic E-state index is 8.49. The van der Waals surface area contributed by atoms with Crippen LogP contribution >= 0.6 is 0 Å².